The lowest BCUT2D eigenvalue weighted by Crippen LogP contribution is -2.28. The van der Waals surface area contributed by atoms with E-state index in [2.05, 4.69) is 42.6 Å². The Morgan fingerprint density at radius 1 is 1.00 bits per heavy atom. The van der Waals surface area contributed by atoms with Gasteiger partial charge in [-0.2, -0.15) is 0 Å². The van der Waals surface area contributed by atoms with E-state index in [-0.39, 0.29) is 0 Å². The third kappa shape index (κ3) is 5.21. The predicted molar refractivity (Wildman–Crippen MR) is 78.2 cm³/mol. The molecule has 0 saturated heterocycles. The molecule has 1 aromatic rings. The molecule has 0 amide bonds. The molecule has 0 aromatic carbocycles. The Hall–Kier alpha value is -0.830. The lowest BCUT2D eigenvalue weighted by molar-refractivity contribution is 0.532. The summed E-state index contributed by atoms with van der Waals surface area (Å²) in [7, 11) is 0. The van der Waals surface area contributed by atoms with Gasteiger partial charge in [-0.05, 0) is 24.7 Å². The van der Waals surface area contributed by atoms with E-state index in [0.29, 0.717) is 17.0 Å². The van der Waals surface area contributed by atoms with Gasteiger partial charge in [0.05, 0.1) is 0 Å². The zero-order valence-corrected chi connectivity index (χ0v) is 12.6. The molecule has 0 aliphatic rings. The first kappa shape index (κ1) is 15.2. The van der Waals surface area contributed by atoms with Gasteiger partial charge in [0.1, 0.15) is 0 Å². The molecule has 1 rings (SSSR count). The number of halogens is 1. The van der Waals surface area contributed by atoms with Crippen molar-refractivity contribution in [2.45, 2.75) is 40.5 Å². The van der Waals surface area contributed by atoms with Crippen molar-refractivity contribution in [1.29, 1.82) is 0 Å². The van der Waals surface area contributed by atoms with Crippen LogP contribution in [0.2, 0.25) is 5.15 Å². The third-order valence-electron chi connectivity index (χ3n) is 2.89. The first-order chi connectivity index (χ1) is 8.50. The van der Waals surface area contributed by atoms with Gasteiger partial charge in [-0.1, -0.05) is 39.3 Å². The minimum Gasteiger partial charge on any atom is -0.354 e. The number of nitrogens with zero attached hydrogens (tertiary/aromatic N) is 3. The second-order valence-electron chi connectivity index (χ2n) is 5.52. The van der Waals surface area contributed by atoms with Crippen molar-refractivity contribution in [2.24, 2.45) is 11.8 Å². The number of anilines is 1. The molecule has 1 aromatic heterocycles. The monoisotopic (exact) mass is 269 g/mol. The Morgan fingerprint density at radius 3 is 1.94 bits per heavy atom. The van der Waals surface area contributed by atoms with Crippen LogP contribution in [0.15, 0.2) is 12.4 Å². The average Bonchev–Trinajstić information content (AvgIpc) is 2.30. The standard InChI is InChI=1S/C14H24ClN3/c1-11(2)5-9-18(10-6-12(3)4)14-13(15)16-7-8-17-14/h7-8,11-12H,5-6,9-10H2,1-4H3. The maximum Gasteiger partial charge on any atom is 0.171 e. The summed E-state index contributed by atoms with van der Waals surface area (Å²) in [6.45, 7) is 10.9. The summed E-state index contributed by atoms with van der Waals surface area (Å²) in [6, 6.07) is 0. The largest absolute Gasteiger partial charge is 0.354 e. The van der Waals surface area contributed by atoms with E-state index in [9.17, 15) is 0 Å². The molecular formula is C14H24ClN3. The number of hydrogen-bond acceptors (Lipinski definition) is 3. The van der Waals surface area contributed by atoms with Crippen LogP contribution in [0.1, 0.15) is 40.5 Å². The Bertz CT molecular complexity index is 341. The van der Waals surface area contributed by atoms with Crippen molar-refractivity contribution in [3.05, 3.63) is 17.5 Å². The van der Waals surface area contributed by atoms with Gasteiger partial charge in [-0.15, -0.1) is 0 Å². The fourth-order valence-corrected chi connectivity index (χ4v) is 1.90. The molecule has 0 aliphatic heterocycles. The van der Waals surface area contributed by atoms with Crippen molar-refractivity contribution in [1.82, 2.24) is 9.97 Å². The first-order valence-electron chi connectivity index (χ1n) is 6.72. The highest BCUT2D eigenvalue weighted by Gasteiger charge is 2.13. The highest BCUT2D eigenvalue weighted by molar-refractivity contribution is 6.31. The molecule has 0 spiro atoms. The van der Waals surface area contributed by atoms with E-state index in [1.165, 1.54) is 0 Å². The summed E-state index contributed by atoms with van der Waals surface area (Å²) in [6.07, 6.45) is 5.63. The summed E-state index contributed by atoms with van der Waals surface area (Å²) in [5.74, 6) is 2.18. The van der Waals surface area contributed by atoms with Crippen LogP contribution in [-0.4, -0.2) is 23.1 Å². The number of rotatable bonds is 7. The summed E-state index contributed by atoms with van der Waals surface area (Å²) >= 11 is 6.13. The second kappa shape index (κ2) is 7.57. The van der Waals surface area contributed by atoms with Crippen LogP contribution in [-0.2, 0) is 0 Å². The van der Waals surface area contributed by atoms with E-state index in [1.54, 1.807) is 12.4 Å². The van der Waals surface area contributed by atoms with E-state index in [1.807, 2.05) is 0 Å². The Kier molecular flexibility index (Phi) is 6.41. The molecule has 3 nitrogen and oxygen atoms in total. The van der Waals surface area contributed by atoms with Gasteiger partial charge in [0, 0.05) is 25.5 Å². The molecule has 18 heavy (non-hydrogen) atoms. The van der Waals surface area contributed by atoms with Crippen LogP contribution in [0.5, 0.6) is 0 Å². The molecule has 0 unspecified atom stereocenters. The molecule has 0 fully saturated rings. The summed E-state index contributed by atoms with van der Waals surface area (Å²) in [4.78, 5) is 10.7. The van der Waals surface area contributed by atoms with Gasteiger partial charge < -0.3 is 4.90 Å². The van der Waals surface area contributed by atoms with Crippen LogP contribution in [0.4, 0.5) is 5.82 Å². The van der Waals surface area contributed by atoms with E-state index >= 15 is 0 Å². The molecule has 0 N–H and O–H groups in total. The lowest BCUT2D eigenvalue weighted by Gasteiger charge is -2.25. The van der Waals surface area contributed by atoms with Crippen LogP contribution in [0.25, 0.3) is 0 Å². The summed E-state index contributed by atoms with van der Waals surface area (Å²) in [5, 5.41) is 0.505. The topological polar surface area (TPSA) is 29.0 Å². The van der Waals surface area contributed by atoms with E-state index < -0.39 is 0 Å². The lowest BCUT2D eigenvalue weighted by atomic mass is 10.1. The number of hydrogen-bond donors (Lipinski definition) is 0. The zero-order valence-electron chi connectivity index (χ0n) is 11.9. The summed E-state index contributed by atoms with van der Waals surface area (Å²) < 4.78 is 0. The molecule has 0 atom stereocenters. The van der Waals surface area contributed by atoms with E-state index in [4.69, 9.17) is 11.6 Å². The van der Waals surface area contributed by atoms with Crippen molar-refractivity contribution < 1.29 is 0 Å². The van der Waals surface area contributed by atoms with E-state index in [0.717, 1.165) is 31.7 Å². The van der Waals surface area contributed by atoms with Crippen LogP contribution >= 0.6 is 11.6 Å². The fourth-order valence-electron chi connectivity index (χ4n) is 1.68. The molecule has 0 saturated carbocycles. The van der Waals surface area contributed by atoms with Crippen LogP contribution in [0.3, 0.4) is 0 Å². The quantitative estimate of drug-likeness (QED) is 0.748. The smallest absolute Gasteiger partial charge is 0.171 e. The molecule has 0 bridgehead atoms. The van der Waals surface area contributed by atoms with Gasteiger partial charge in [0.15, 0.2) is 11.0 Å². The van der Waals surface area contributed by atoms with Crippen LogP contribution in [0, 0.1) is 11.8 Å². The summed E-state index contributed by atoms with van der Waals surface area (Å²) in [5.41, 5.74) is 0. The molecule has 0 aliphatic carbocycles. The highest BCUT2D eigenvalue weighted by atomic mass is 35.5. The van der Waals surface area contributed by atoms with Gasteiger partial charge in [0.25, 0.3) is 0 Å². The van der Waals surface area contributed by atoms with Crippen molar-refractivity contribution in [3.63, 3.8) is 0 Å². The minimum atomic E-state index is 0.505. The number of aromatic nitrogens is 2. The molecule has 0 radical (unpaired) electrons. The second-order valence-corrected chi connectivity index (χ2v) is 5.88. The SMILES string of the molecule is CC(C)CCN(CCC(C)C)c1nccnc1Cl. The Balaban J connectivity index is 2.73. The first-order valence-corrected chi connectivity index (χ1v) is 7.10. The van der Waals surface area contributed by atoms with Gasteiger partial charge in [0.2, 0.25) is 0 Å². The van der Waals surface area contributed by atoms with Crippen LogP contribution < -0.4 is 4.90 Å². The fraction of sp³-hybridized carbons (Fsp3) is 0.714. The maximum atomic E-state index is 6.13. The average molecular weight is 270 g/mol. The zero-order chi connectivity index (χ0) is 13.5. The minimum absolute atomic E-state index is 0.505. The molecule has 4 heteroatoms. The Labute approximate surface area is 116 Å². The highest BCUT2D eigenvalue weighted by Crippen LogP contribution is 2.21. The Morgan fingerprint density at radius 2 is 1.50 bits per heavy atom. The van der Waals surface area contributed by atoms with Gasteiger partial charge in [-0.3, -0.25) is 0 Å². The molecular weight excluding hydrogens is 246 g/mol. The normalized spacial score (nSPS) is 11.3. The molecule has 1 heterocycles. The predicted octanol–water partition coefficient (Wildman–Crippen LogP) is 4.03. The van der Waals surface area contributed by atoms with Crippen molar-refractivity contribution >= 4 is 17.4 Å². The maximum absolute atomic E-state index is 6.13. The van der Waals surface area contributed by atoms with Crippen molar-refractivity contribution in [2.75, 3.05) is 18.0 Å². The van der Waals surface area contributed by atoms with Gasteiger partial charge >= 0.3 is 0 Å². The third-order valence-corrected chi connectivity index (χ3v) is 3.15. The van der Waals surface area contributed by atoms with Crippen molar-refractivity contribution in [3.8, 4) is 0 Å². The van der Waals surface area contributed by atoms with Gasteiger partial charge in [-0.25, -0.2) is 9.97 Å². The molecule has 102 valence electrons.